The van der Waals surface area contributed by atoms with Crippen molar-refractivity contribution < 1.29 is 21.3 Å². The maximum Gasteiger partial charge on any atom is 0.419 e. The van der Waals surface area contributed by atoms with E-state index in [4.69, 9.17) is 4.42 Å². The molecule has 2 aromatic carbocycles. The molecule has 0 fully saturated rings. The van der Waals surface area contributed by atoms with Gasteiger partial charge in [0.25, 0.3) is 10.0 Å². The fourth-order valence-corrected chi connectivity index (χ4v) is 3.97. The Morgan fingerprint density at radius 3 is 2.16 bits per heavy atom. The maximum atomic E-state index is 12.5. The molecule has 0 bridgehead atoms. The summed E-state index contributed by atoms with van der Waals surface area (Å²) in [6.45, 7) is 0. The number of aryl methyl sites for hydroxylation is 1. The monoisotopic (exact) mass is 382 g/mol. The van der Waals surface area contributed by atoms with Gasteiger partial charge in [0, 0.05) is 25.1 Å². The van der Waals surface area contributed by atoms with Gasteiger partial charge in [-0.15, -0.1) is 0 Å². The van der Waals surface area contributed by atoms with Crippen LogP contribution in [-0.2, 0) is 26.9 Å². The van der Waals surface area contributed by atoms with Gasteiger partial charge < -0.3 is 4.42 Å². The van der Waals surface area contributed by atoms with Crippen molar-refractivity contribution in [3.05, 3.63) is 53.0 Å². The summed E-state index contributed by atoms with van der Waals surface area (Å²) in [4.78, 5) is 11.5. The van der Waals surface area contributed by atoms with Gasteiger partial charge in [-0.3, -0.25) is 9.29 Å². The lowest BCUT2D eigenvalue weighted by molar-refractivity contribution is 0.527. The molecule has 0 aliphatic carbocycles. The molecule has 0 aliphatic heterocycles. The Hall–Kier alpha value is -2.59. The van der Waals surface area contributed by atoms with Crippen molar-refractivity contribution in [3.63, 3.8) is 0 Å². The number of sulfonamides is 1. The second-order valence-corrected chi connectivity index (χ2v) is 9.16. The standard InChI is InChI=1S/C15H14N2O6S2/c1-17-13-8-7-12(9-14(13)23-15(17)18)25(21,22)16-10-3-5-11(6-4-10)24(2,19)20/h3-9,16H,1-2H3. The molecular weight excluding hydrogens is 368 g/mol. The van der Waals surface area contributed by atoms with E-state index in [0.717, 1.165) is 6.26 Å². The molecule has 1 heterocycles. The van der Waals surface area contributed by atoms with Crippen LogP contribution in [0.4, 0.5) is 5.69 Å². The highest BCUT2D eigenvalue weighted by molar-refractivity contribution is 7.92. The molecule has 10 heteroatoms. The lowest BCUT2D eigenvalue weighted by atomic mass is 10.3. The average molecular weight is 382 g/mol. The Labute approximate surface area is 143 Å². The van der Waals surface area contributed by atoms with E-state index in [2.05, 4.69) is 4.72 Å². The molecule has 132 valence electrons. The number of rotatable bonds is 4. The van der Waals surface area contributed by atoms with Gasteiger partial charge in [-0.25, -0.2) is 21.6 Å². The Balaban J connectivity index is 1.95. The van der Waals surface area contributed by atoms with Crippen molar-refractivity contribution in [1.29, 1.82) is 0 Å². The predicted molar refractivity (Wildman–Crippen MR) is 91.8 cm³/mol. The normalized spacial score (nSPS) is 12.4. The van der Waals surface area contributed by atoms with Gasteiger partial charge in [0.15, 0.2) is 15.4 Å². The third-order valence-corrected chi connectivity index (χ3v) is 6.12. The van der Waals surface area contributed by atoms with Crippen molar-refractivity contribution in [2.75, 3.05) is 11.0 Å². The largest absolute Gasteiger partial charge is 0.419 e. The minimum absolute atomic E-state index is 0.0819. The third-order valence-electron chi connectivity index (χ3n) is 3.61. The quantitative estimate of drug-likeness (QED) is 0.728. The molecule has 0 saturated heterocycles. The number of aromatic nitrogens is 1. The molecule has 0 aliphatic rings. The molecule has 0 amide bonds. The molecule has 1 aromatic heterocycles. The Morgan fingerprint density at radius 1 is 0.960 bits per heavy atom. The summed E-state index contributed by atoms with van der Waals surface area (Å²) in [6, 6.07) is 9.42. The molecule has 8 nitrogen and oxygen atoms in total. The summed E-state index contributed by atoms with van der Waals surface area (Å²) in [5.41, 5.74) is 0.839. The van der Waals surface area contributed by atoms with Gasteiger partial charge in [-0.05, 0) is 36.4 Å². The van der Waals surface area contributed by atoms with Crippen molar-refractivity contribution in [1.82, 2.24) is 4.57 Å². The summed E-state index contributed by atoms with van der Waals surface area (Å²) in [5, 5.41) is 0. The number of hydrogen-bond donors (Lipinski definition) is 1. The number of oxazole rings is 1. The van der Waals surface area contributed by atoms with Gasteiger partial charge in [-0.1, -0.05) is 0 Å². The Morgan fingerprint density at radius 2 is 1.56 bits per heavy atom. The molecule has 3 aromatic rings. The first-order chi connectivity index (χ1) is 11.6. The van der Waals surface area contributed by atoms with Crippen molar-refractivity contribution in [2.24, 2.45) is 7.05 Å². The maximum absolute atomic E-state index is 12.5. The molecule has 0 atom stereocenters. The number of nitrogens with one attached hydrogen (secondary N) is 1. The first kappa shape index (κ1) is 17.2. The highest BCUT2D eigenvalue weighted by Crippen LogP contribution is 2.21. The number of fused-ring (bicyclic) bond motifs is 1. The fraction of sp³-hybridized carbons (Fsp3) is 0.133. The molecule has 25 heavy (non-hydrogen) atoms. The molecule has 1 N–H and O–H groups in total. The van der Waals surface area contributed by atoms with Crippen molar-refractivity contribution in [3.8, 4) is 0 Å². The minimum Gasteiger partial charge on any atom is -0.408 e. The predicted octanol–water partition coefficient (Wildman–Crippen LogP) is 1.34. The van der Waals surface area contributed by atoms with E-state index in [1.165, 1.54) is 54.1 Å². The number of nitrogens with zero attached hydrogens (tertiary/aromatic N) is 1. The highest BCUT2D eigenvalue weighted by Gasteiger charge is 2.17. The molecule has 3 rings (SSSR count). The van der Waals surface area contributed by atoms with Crippen LogP contribution in [0, 0.1) is 0 Å². The van der Waals surface area contributed by atoms with E-state index in [0.29, 0.717) is 5.52 Å². The van der Waals surface area contributed by atoms with Gasteiger partial charge in [-0.2, -0.15) is 0 Å². The SMILES string of the molecule is Cn1c(=O)oc2cc(S(=O)(=O)Nc3ccc(S(C)(=O)=O)cc3)ccc21. The van der Waals surface area contributed by atoms with Crippen LogP contribution in [-0.4, -0.2) is 27.7 Å². The number of benzene rings is 2. The number of hydrogen-bond acceptors (Lipinski definition) is 6. The van der Waals surface area contributed by atoms with Crippen LogP contribution in [0.1, 0.15) is 0 Å². The van der Waals surface area contributed by atoms with Crippen LogP contribution in [0.15, 0.2) is 61.5 Å². The van der Waals surface area contributed by atoms with E-state index in [1.54, 1.807) is 0 Å². The summed E-state index contributed by atoms with van der Waals surface area (Å²) < 4.78 is 56.4. The van der Waals surface area contributed by atoms with Crippen molar-refractivity contribution >= 4 is 36.6 Å². The highest BCUT2D eigenvalue weighted by atomic mass is 32.2. The Kier molecular flexibility index (Phi) is 3.96. The fourth-order valence-electron chi connectivity index (χ4n) is 2.27. The first-order valence-corrected chi connectivity index (χ1v) is 10.4. The zero-order valence-corrected chi connectivity index (χ0v) is 14.9. The Bertz CT molecular complexity index is 1220. The summed E-state index contributed by atoms with van der Waals surface area (Å²) in [5.74, 6) is -0.589. The molecule has 0 radical (unpaired) electrons. The van der Waals surface area contributed by atoms with Crippen LogP contribution in [0.5, 0.6) is 0 Å². The summed E-state index contributed by atoms with van der Waals surface area (Å²) >= 11 is 0. The van der Waals surface area contributed by atoms with Crippen LogP contribution in [0.3, 0.4) is 0 Å². The zero-order chi connectivity index (χ0) is 18.4. The topological polar surface area (TPSA) is 115 Å². The lowest BCUT2D eigenvalue weighted by Crippen LogP contribution is -2.13. The minimum atomic E-state index is -3.93. The van der Waals surface area contributed by atoms with Crippen LogP contribution >= 0.6 is 0 Å². The smallest absolute Gasteiger partial charge is 0.408 e. The molecule has 0 saturated carbocycles. The van der Waals surface area contributed by atoms with Gasteiger partial charge >= 0.3 is 5.76 Å². The summed E-state index contributed by atoms with van der Waals surface area (Å²) in [6.07, 6.45) is 1.06. The van der Waals surface area contributed by atoms with Gasteiger partial charge in [0.2, 0.25) is 0 Å². The van der Waals surface area contributed by atoms with E-state index >= 15 is 0 Å². The second-order valence-electron chi connectivity index (χ2n) is 5.46. The first-order valence-electron chi connectivity index (χ1n) is 7.00. The van der Waals surface area contributed by atoms with E-state index in [9.17, 15) is 21.6 Å². The number of sulfone groups is 1. The number of anilines is 1. The van der Waals surface area contributed by atoms with Gasteiger partial charge in [0.05, 0.1) is 15.3 Å². The van der Waals surface area contributed by atoms with E-state index in [-0.39, 0.29) is 21.1 Å². The van der Waals surface area contributed by atoms with E-state index in [1.807, 2.05) is 0 Å². The van der Waals surface area contributed by atoms with E-state index < -0.39 is 25.6 Å². The van der Waals surface area contributed by atoms with Crippen LogP contribution in [0.2, 0.25) is 0 Å². The molecular formula is C15H14N2O6S2. The second kappa shape index (κ2) is 5.74. The zero-order valence-electron chi connectivity index (χ0n) is 13.3. The summed E-state index contributed by atoms with van der Waals surface area (Å²) in [7, 11) is -5.77. The average Bonchev–Trinajstić information content (AvgIpc) is 2.81. The van der Waals surface area contributed by atoms with Crippen LogP contribution < -0.4 is 10.5 Å². The molecule has 0 unspecified atom stereocenters. The van der Waals surface area contributed by atoms with Crippen molar-refractivity contribution in [2.45, 2.75) is 9.79 Å². The molecule has 0 spiro atoms. The van der Waals surface area contributed by atoms with Crippen LogP contribution in [0.25, 0.3) is 11.1 Å². The van der Waals surface area contributed by atoms with Gasteiger partial charge in [0.1, 0.15) is 0 Å². The lowest BCUT2D eigenvalue weighted by Gasteiger charge is -2.08. The third kappa shape index (κ3) is 3.30.